The van der Waals surface area contributed by atoms with Gasteiger partial charge in [0.25, 0.3) is 0 Å². The van der Waals surface area contributed by atoms with E-state index < -0.39 is 10.0 Å². The SMILES string of the molecule is CS(=O)(=O)N1CCCc2ccc(NC(=O)CCC3C(=O)Nc4ccccc43)cc21. The number of nitrogens with zero attached hydrogens (tertiary/aromatic N) is 1. The van der Waals surface area contributed by atoms with Crippen LogP contribution in [0.5, 0.6) is 0 Å². The van der Waals surface area contributed by atoms with Crippen molar-refractivity contribution in [3.63, 3.8) is 0 Å². The van der Waals surface area contributed by atoms with E-state index in [9.17, 15) is 18.0 Å². The van der Waals surface area contributed by atoms with Crippen molar-refractivity contribution in [2.75, 3.05) is 27.7 Å². The second-order valence-corrected chi connectivity index (χ2v) is 9.40. The summed E-state index contributed by atoms with van der Waals surface area (Å²) in [6.07, 6.45) is 3.38. The van der Waals surface area contributed by atoms with Gasteiger partial charge < -0.3 is 10.6 Å². The van der Waals surface area contributed by atoms with Crippen LogP contribution >= 0.6 is 0 Å². The molecule has 0 aromatic heterocycles. The third-order valence-electron chi connectivity index (χ3n) is 5.42. The van der Waals surface area contributed by atoms with Gasteiger partial charge in [0.2, 0.25) is 21.8 Å². The van der Waals surface area contributed by atoms with Crippen LogP contribution in [0, 0.1) is 0 Å². The van der Waals surface area contributed by atoms with Gasteiger partial charge in [0.15, 0.2) is 0 Å². The lowest BCUT2D eigenvalue weighted by Crippen LogP contribution is -2.34. The number of benzene rings is 2. The molecule has 8 heteroatoms. The minimum Gasteiger partial charge on any atom is -0.326 e. The fourth-order valence-electron chi connectivity index (χ4n) is 4.02. The molecule has 2 aliphatic heterocycles. The number of hydrogen-bond donors (Lipinski definition) is 2. The first-order chi connectivity index (χ1) is 13.8. The number of amides is 2. The summed E-state index contributed by atoms with van der Waals surface area (Å²) in [5.41, 5.74) is 3.86. The highest BCUT2D eigenvalue weighted by molar-refractivity contribution is 7.92. The van der Waals surface area contributed by atoms with Gasteiger partial charge in [-0.05, 0) is 48.6 Å². The maximum Gasteiger partial charge on any atom is 0.232 e. The molecule has 152 valence electrons. The molecule has 2 aliphatic rings. The summed E-state index contributed by atoms with van der Waals surface area (Å²) in [6.45, 7) is 0.444. The molecule has 4 rings (SSSR count). The molecule has 2 N–H and O–H groups in total. The Balaban J connectivity index is 1.44. The summed E-state index contributed by atoms with van der Waals surface area (Å²) in [4.78, 5) is 24.6. The second kappa shape index (κ2) is 7.51. The highest BCUT2D eigenvalue weighted by Gasteiger charge is 2.30. The van der Waals surface area contributed by atoms with Crippen LogP contribution in [0.4, 0.5) is 17.1 Å². The Labute approximate surface area is 170 Å². The van der Waals surface area contributed by atoms with Crippen molar-refractivity contribution in [3.8, 4) is 0 Å². The number of rotatable bonds is 5. The lowest BCUT2D eigenvalue weighted by atomic mass is 9.95. The van der Waals surface area contributed by atoms with E-state index in [1.54, 1.807) is 12.1 Å². The highest BCUT2D eigenvalue weighted by Crippen LogP contribution is 2.35. The molecule has 0 aliphatic carbocycles. The number of anilines is 3. The molecule has 0 fully saturated rings. The summed E-state index contributed by atoms with van der Waals surface area (Å²) in [7, 11) is -3.36. The van der Waals surface area contributed by atoms with Gasteiger partial charge in [-0.1, -0.05) is 24.3 Å². The molecule has 0 spiro atoms. The van der Waals surface area contributed by atoms with Crippen LogP contribution in [0.2, 0.25) is 0 Å². The largest absolute Gasteiger partial charge is 0.326 e. The van der Waals surface area contributed by atoms with E-state index in [0.717, 1.165) is 29.7 Å². The summed E-state index contributed by atoms with van der Waals surface area (Å²) in [6, 6.07) is 12.9. The van der Waals surface area contributed by atoms with E-state index in [1.165, 1.54) is 10.6 Å². The predicted molar refractivity (Wildman–Crippen MR) is 113 cm³/mol. The Hall–Kier alpha value is -2.87. The minimum atomic E-state index is -3.36. The molecule has 1 atom stereocenters. The van der Waals surface area contributed by atoms with Gasteiger partial charge in [-0.2, -0.15) is 0 Å². The van der Waals surface area contributed by atoms with Gasteiger partial charge in [0, 0.05) is 24.3 Å². The Morgan fingerprint density at radius 3 is 2.83 bits per heavy atom. The van der Waals surface area contributed by atoms with E-state index in [1.807, 2.05) is 30.3 Å². The molecule has 1 unspecified atom stereocenters. The summed E-state index contributed by atoms with van der Waals surface area (Å²) >= 11 is 0. The first kappa shape index (κ1) is 19.4. The summed E-state index contributed by atoms with van der Waals surface area (Å²) in [5.74, 6) is -0.623. The maximum absolute atomic E-state index is 12.5. The van der Waals surface area contributed by atoms with Crippen molar-refractivity contribution in [1.29, 1.82) is 0 Å². The molecule has 0 saturated heterocycles. The molecular weight excluding hydrogens is 390 g/mol. The molecule has 0 bridgehead atoms. The van der Waals surface area contributed by atoms with Crippen LogP contribution in [0.25, 0.3) is 0 Å². The molecule has 7 nitrogen and oxygen atoms in total. The third kappa shape index (κ3) is 3.98. The van der Waals surface area contributed by atoms with Gasteiger partial charge in [0.05, 0.1) is 17.9 Å². The van der Waals surface area contributed by atoms with Crippen LogP contribution in [0.1, 0.15) is 36.3 Å². The number of nitrogens with one attached hydrogen (secondary N) is 2. The van der Waals surface area contributed by atoms with E-state index in [2.05, 4.69) is 10.6 Å². The van der Waals surface area contributed by atoms with Crippen molar-refractivity contribution >= 4 is 38.9 Å². The smallest absolute Gasteiger partial charge is 0.232 e. The van der Waals surface area contributed by atoms with Crippen LogP contribution in [-0.4, -0.2) is 33.0 Å². The Bertz CT molecular complexity index is 1080. The lowest BCUT2D eigenvalue weighted by molar-refractivity contribution is -0.118. The highest BCUT2D eigenvalue weighted by atomic mass is 32.2. The van der Waals surface area contributed by atoms with Crippen LogP contribution in [0.15, 0.2) is 42.5 Å². The van der Waals surface area contributed by atoms with Crippen molar-refractivity contribution in [2.24, 2.45) is 0 Å². The van der Waals surface area contributed by atoms with Crippen molar-refractivity contribution in [2.45, 2.75) is 31.6 Å². The van der Waals surface area contributed by atoms with Gasteiger partial charge in [0.1, 0.15) is 0 Å². The Morgan fingerprint density at radius 1 is 1.24 bits per heavy atom. The molecule has 2 heterocycles. The Kier molecular flexibility index (Phi) is 5.04. The molecule has 2 amide bonds. The van der Waals surface area contributed by atoms with Gasteiger partial charge in [-0.15, -0.1) is 0 Å². The molecule has 29 heavy (non-hydrogen) atoms. The Morgan fingerprint density at radius 2 is 2.03 bits per heavy atom. The van der Waals surface area contributed by atoms with Crippen molar-refractivity contribution in [3.05, 3.63) is 53.6 Å². The molecule has 0 saturated carbocycles. The average Bonchev–Trinajstić information content (AvgIpc) is 3.00. The summed E-state index contributed by atoms with van der Waals surface area (Å²) in [5, 5.41) is 5.68. The van der Waals surface area contributed by atoms with Crippen LogP contribution < -0.4 is 14.9 Å². The van der Waals surface area contributed by atoms with Gasteiger partial charge >= 0.3 is 0 Å². The number of carbonyl (C=O) groups excluding carboxylic acids is 2. The zero-order chi connectivity index (χ0) is 20.6. The van der Waals surface area contributed by atoms with Crippen LogP contribution in [0.3, 0.4) is 0 Å². The normalized spacial score (nSPS) is 18.0. The number of fused-ring (bicyclic) bond motifs is 2. The predicted octanol–water partition coefficient (Wildman–Crippen LogP) is 2.85. The monoisotopic (exact) mass is 413 g/mol. The number of carbonyl (C=O) groups is 2. The fourth-order valence-corrected chi connectivity index (χ4v) is 5.01. The molecule has 2 aromatic rings. The molecule has 2 aromatic carbocycles. The van der Waals surface area contributed by atoms with Gasteiger partial charge in [-0.3, -0.25) is 13.9 Å². The van der Waals surface area contributed by atoms with E-state index in [-0.39, 0.29) is 24.2 Å². The number of aryl methyl sites for hydroxylation is 1. The first-order valence-electron chi connectivity index (χ1n) is 9.63. The first-order valence-corrected chi connectivity index (χ1v) is 11.5. The van der Waals surface area contributed by atoms with Crippen LogP contribution in [-0.2, 0) is 26.0 Å². The molecule has 0 radical (unpaired) electrons. The average molecular weight is 413 g/mol. The second-order valence-electron chi connectivity index (χ2n) is 7.50. The number of sulfonamides is 1. The number of para-hydroxylation sites is 1. The van der Waals surface area contributed by atoms with E-state index in [0.29, 0.717) is 24.3 Å². The van der Waals surface area contributed by atoms with Crippen molar-refractivity contribution in [1.82, 2.24) is 0 Å². The zero-order valence-electron chi connectivity index (χ0n) is 16.1. The topological polar surface area (TPSA) is 95.6 Å². The quantitative estimate of drug-likeness (QED) is 0.788. The minimum absolute atomic E-state index is 0.0865. The number of hydrogen-bond acceptors (Lipinski definition) is 4. The lowest BCUT2D eigenvalue weighted by Gasteiger charge is -2.29. The maximum atomic E-state index is 12.5. The zero-order valence-corrected chi connectivity index (χ0v) is 17.0. The van der Waals surface area contributed by atoms with E-state index in [4.69, 9.17) is 0 Å². The van der Waals surface area contributed by atoms with E-state index >= 15 is 0 Å². The third-order valence-corrected chi connectivity index (χ3v) is 6.60. The van der Waals surface area contributed by atoms with Gasteiger partial charge in [-0.25, -0.2) is 8.42 Å². The fraction of sp³-hybridized carbons (Fsp3) is 0.333. The summed E-state index contributed by atoms with van der Waals surface area (Å²) < 4.78 is 25.5. The van der Waals surface area contributed by atoms with Crippen molar-refractivity contribution < 1.29 is 18.0 Å². The molecular formula is C21H23N3O4S. The standard InChI is InChI=1S/C21H23N3O4S/c1-29(27,28)24-12-4-5-14-8-9-15(13-19(14)24)22-20(25)11-10-17-16-6-2-3-7-18(16)23-21(17)26/h2-3,6-9,13,17H,4-5,10-12H2,1H3,(H,22,25)(H,23,26).